The SMILES string of the molecule is CC(C)(C)C(=O)N1CCC(c2cncc(-c3ncc[nH]3)n2)CC1. The molecule has 2 aromatic heterocycles. The summed E-state index contributed by atoms with van der Waals surface area (Å²) >= 11 is 0. The molecule has 1 aliphatic heterocycles. The minimum Gasteiger partial charge on any atom is -0.343 e. The zero-order chi connectivity index (χ0) is 16.4. The average molecular weight is 313 g/mol. The predicted molar refractivity (Wildman–Crippen MR) is 87.6 cm³/mol. The molecule has 0 bridgehead atoms. The van der Waals surface area contributed by atoms with E-state index >= 15 is 0 Å². The summed E-state index contributed by atoms with van der Waals surface area (Å²) in [6.45, 7) is 7.49. The van der Waals surface area contributed by atoms with E-state index in [0.717, 1.165) is 43.1 Å². The fourth-order valence-corrected chi connectivity index (χ4v) is 2.95. The molecule has 2 aromatic rings. The molecule has 0 spiro atoms. The number of piperidine rings is 1. The quantitative estimate of drug-likeness (QED) is 0.925. The largest absolute Gasteiger partial charge is 0.343 e. The van der Waals surface area contributed by atoms with E-state index in [1.54, 1.807) is 18.6 Å². The Hall–Kier alpha value is -2.24. The van der Waals surface area contributed by atoms with Crippen LogP contribution in [0.25, 0.3) is 11.5 Å². The summed E-state index contributed by atoms with van der Waals surface area (Å²) in [5, 5.41) is 0. The zero-order valence-electron chi connectivity index (χ0n) is 13.9. The Labute approximate surface area is 136 Å². The number of aromatic nitrogens is 4. The van der Waals surface area contributed by atoms with Crippen LogP contribution in [0.4, 0.5) is 0 Å². The number of imidazole rings is 1. The fourth-order valence-electron chi connectivity index (χ4n) is 2.95. The number of aromatic amines is 1. The van der Waals surface area contributed by atoms with E-state index in [1.807, 2.05) is 31.9 Å². The minimum absolute atomic E-state index is 0.228. The van der Waals surface area contributed by atoms with Crippen LogP contribution in [-0.2, 0) is 4.79 Å². The van der Waals surface area contributed by atoms with Crippen LogP contribution in [0.2, 0.25) is 0 Å². The molecule has 0 atom stereocenters. The van der Waals surface area contributed by atoms with E-state index < -0.39 is 0 Å². The molecule has 1 N–H and O–H groups in total. The molecular formula is C17H23N5O. The third-order valence-corrected chi connectivity index (χ3v) is 4.24. The van der Waals surface area contributed by atoms with Gasteiger partial charge in [0.2, 0.25) is 5.91 Å². The molecule has 6 heteroatoms. The molecule has 0 unspecified atom stereocenters. The molecule has 0 aromatic carbocycles. The Morgan fingerprint density at radius 3 is 2.61 bits per heavy atom. The van der Waals surface area contributed by atoms with Gasteiger partial charge >= 0.3 is 0 Å². The van der Waals surface area contributed by atoms with Crippen molar-refractivity contribution in [2.24, 2.45) is 5.41 Å². The number of hydrogen-bond donors (Lipinski definition) is 1. The molecule has 1 fully saturated rings. The van der Waals surface area contributed by atoms with Crippen LogP contribution in [0.5, 0.6) is 0 Å². The summed E-state index contributed by atoms with van der Waals surface area (Å²) in [4.78, 5) is 30.6. The first-order valence-corrected chi connectivity index (χ1v) is 8.06. The lowest BCUT2D eigenvalue weighted by Gasteiger charge is -2.35. The van der Waals surface area contributed by atoms with Gasteiger partial charge in [-0.3, -0.25) is 9.78 Å². The number of nitrogens with zero attached hydrogens (tertiary/aromatic N) is 4. The van der Waals surface area contributed by atoms with Crippen molar-refractivity contribution in [2.45, 2.75) is 39.5 Å². The predicted octanol–water partition coefficient (Wildman–Crippen LogP) is 2.62. The van der Waals surface area contributed by atoms with Crippen molar-refractivity contribution in [3.63, 3.8) is 0 Å². The number of carbonyl (C=O) groups is 1. The van der Waals surface area contributed by atoms with Crippen LogP contribution in [-0.4, -0.2) is 43.8 Å². The van der Waals surface area contributed by atoms with Crippen LogP contribution in [0.3, 0.4) is 0 Å². The van der Waals surface area contributed by atoms with Gasteiger partial charge in [-0.2, -0.15) is 0 Å². The summed E-state index contributed by atoms with van der Waals surface area (Å²) < 4.78 is 0. The summed E-state index contributed by atoms with van der Waals surface area (Å²) in [6.07, 6.45) is 8.90. The van der Waals surface area contributed by atoms with Crippen LogP contribution in [0, 0.1) is 5.41 Å². The Morgan fingerprint density at radius 2 is 2.00 bits per heavy atom. The first-order chi connectivity index (χ1) is 10.9. The van der Waals surface area contributed by atoms with E-state index in [1.165, 1.54) is 0 Å². The summed E-state index contributed by atoms with van der Waals surface area (Å²) in [5.41, 5.74) is 1.44. The second-order valence-electron chi connectivity index (χ2n) is 7.08. The number of likely N-dealkylation sites (tertiary alicyclic amines) is 1. The van der Waals surface area contributed by atoms with E-state index in [4.69, 9.17) is 4.98 Å². The Balaban J connectivity index is 1.69. The van der Waals surface area contributed by atoms with Gasteiger partial charge in [0.05, 0.1) is 11.9 Å². The highest BCUT2D eigenvalue weighted by Gasteiger charge is 2.31. The minimum atomic E-state index is -0.314. The third kappa shape index (κ3) is 3.41. The van der Waals surface area contributed by atoms with E-state index in [2.05, 4.69) is 15.0 Å². The maximum absolute atomic E-state index is 12.4. The molecule has 122 valence electrons. The number of nitrogens with one attached hydrogen (secondary N) is 1. The first-order valence-electron chi connectivity index (χ1n) is 8.06. The third-order valence-electron chi connectivity index (χ3n) is 4.24. The van der Waals surface area contributed by atoms with Gasteiger partial charge in [0, 0.05) is 43.0 Å². The molecular weight excluding hydrogens is 290 g/mol. The van der Waals surface area contributed by atoms with Crippen molar-refractivity contribution in [3.8, 4) is 11.5 Å². The smallest absolute Gasteiger partial charge is 0.227 e. The molecule has 0 radical (unpaired) electrons. The van der Waals surface area contributed by atoms with Gasteiger partial charge in [-0.1, -0.05) is 20.8 Å². The highest BCUT2D eigenvalue weighted by Crippen LogP contribution is 2.29. The second kappa shape index (κ2) is 6.10. The molecule has 1 aliphatic rings. The standard InChI is InChI=1S/C17H23N5O/c1-17(2,3)16(23)22-8-4-12(5-9-22)13-10-18-11-14(21-13)15-19-6-7-20-15/h6-7,10-12H,4-5,8-9H2,1-3H3,(H,19,20). The average Bonchev–Trinajstić information content (AvgIpc) is 3.08. The van der Waals surface area contributed by atoms with Gasteiger partial charge < -0.3 is 9.88 Å². The monoisotopic (exact) mass is 313 g/mol. The molecule has 0 aliphatic carbocycles. The maximum atomic E-state index is 12.4. The Kier molecular flexibility index (Phi) is 4.15. The van der Waals surface area contributed by atoms with Gasteiger partial charge in [-0.05, 0) is 12.8 Å². The normalized spacial score (nSPS) is 16.6. The van der Waals surface area contributed by atoms with E-state index in [0.29, 0.717) is 5.92 Å². The van der Waals surface area contributed by atoms with Crippen LogP contribution >= 0.6 is 0 Å². The maximum Gasteiger partial charge on any atom is 0.227 e. The molecule has 3 rings (SSSR count). The van der Waals surface area contributed by atoms with Gasteiger partial charge in [0.15, 0.2) is 5.82 Å². The zero-order valence-corrected chi connectivity index (χ0v) is 13.9. The summed E-state index contributed by atoms with van der Waals surface area (Å²) in [6, 6.07) is 0. The number of rotatable bonds is 2. The first kappa shape index (κ1) is 15.6. The van der Waals surface area contributed by atoms with Gasteiger partial charge in [-0.15, -0.1) is 0 Å². The lowest BCUT2D eigenvalue weighted by Crippen LogP contribution is -2.43. The number of carbonyl (C=O) groups excluding carboxylic acids is 1. The molecule has 0 saturated carbocycles. The Morgan fingerprint density at radius 1 is 1.26 bits per heavy atom. The van der Waals surface area contributed by atoms with Crippen LogP contribution < -0.4 is 0 Å². The van der Waals surface area contributed by atoms with Crippen molar-refractivity contribution in [2.75, 3.05) is 13.1 Å². The molecule has 6 nitrogen and oxygen atoms in total. The van der Waals surface area contributed by atoms with Crippen LogP contribution in [0.1, 0.15) is 45.2 Å². The Bertz CT molecular complexity index is 667. The van der Waals surface area contributed by atoms with Gasteiger partial charge in [0.1, 0.15) is 5.69 Å². The fraction of sp³-hybridized carbons (Fsp3) is 0.529. The molecule has 23 heavy (non-hydrogen) atoms. The molecule has 1 amide bonds. The van der Waals surface area contributed by atoms with Gasteiger partial charge in [-0.25, -0.2) is 9.97 Å². The summed E-state index contributed by atoms with van der Waals surface area (Å²) in [7, 11) is 0. The highest BCUT2D eigenvalue weighted by molar-refractivity contribution is 5.81. The number of H-pyrrole nitrogens is 1. The molecule has 1 saturated heterocycles. The second-order valence-corrected chi connectivity index (χ2v) is 7.08. The number of hydrogen-bond acceptors (Lipinski definition) is 4. The van der Waals surface area contributed by atoms with Crippen LogP contribution in [0.15, 0.2) is 24.8 Å². The lowest BCUT2D eigenvalue weighted by atomic mass is 9.90. The van der Waals surface area contributed by atoms with E-state index in [9.17, 15) is 4.79 Å². The van der Waals surface area contributed by atoms with Gasteiger partial charge in [0.25, 0.3) is 0 Å². The molecule has 3 heterocycles. The van der Waals surface area contributed by atoms with Crippen molar-refractivity contribution >= 4 is 5.91 Å². The lowest BCUT2D eigenvalue weighted by molar-refractivity contribution is -0.140. The van der Waals surface area contributed by atoms with Crippen molar-refractivity contribution in [1.29, 1.82) is 0 Å². The van der Waals surface area contributed by atoms with Crippen molar-refractivity contribution in [1.82, 2.24) is 24.8 Å². The summed E-state index contributed by atoms with van der Waals surface area (Å²) in [5.74, 6) is 1.31. The number of amides is 1. The highest BCUT2D eigenvalue weighted by atomic mass is 16.2. The van der Waals surface area contributed by atoms with Crippen molar-refractivity contribution < 1.29 is 4.79 Å². The topological polar surface area (TPSA) is 74.8 Å². The van der Waals surface area contributed by atoms with E-state index in [-0.39, 0.29) is 11.3 Å². The van der Waals surface area contributed by atoms with Crippen molar-refractivity contribution in [3.05, 3.63) is 30.5 Å².